The van der Waals surface area contributed by atoms with E-state index in [1.54, 1.807) is 24.0 Å². The Balaban J connectivity index is 1.80. The maximum Gasteiger partial charge on any atom is 0.256 e. The molecule has 2 aromatic rings. The number of pyridine rings is 1. The summed E-state index contributed by atoms with van der Waals surface area (Å²) in [5.41, 5.74) is 0.483. The number of amides is 1. The van der Waals surface area contributed by atoms with Crippen LogP contribution in [0.3, 0.4) is 0 Å². The Bertz CT molecular complexity index is 670. The summed E-state index contributed by atoms with van der Waals surface area (Å²) in [6.45, 7) is 5.38. The first-order chi connectivity index (χ1) is 11.2. The third-order valence-electron chi connectivity index (χ3n) is 3.49. The summed E-state index contributed by atoms with van der Waals surface area (Å²) in [6, 6.07) is 3.00. The number of aromatic nitrogens is 3. The fourth-order valence-electron chi connectivity index (χ4n) is 2.40. The van der Waals surface area contributed by atoms with Crippen molar-refractivity contribution in [1.29, 1.82) is 0 Å². The lowest BCUT2D eigenvalue weighted by Crippen LogP contribution is -2.43. The van der Waals surface area contributed by atoms with Gasteiger partial charge in [-0.15, -0.1) is 10.2 Å². The van der Waals surface area contributed by atoms with Crippen molar-refractivity contribution in [2.75, 3.05) is 26.4 Å². The Kier molecular flexibility index (Phi) is 4.52. The first kappa shape index (κ1) is 15.4. The minimum Gasteiger partial charge on any atom is -0.478 e. The maximum atomic E-state index is 12.8. The van der Waals surface area contributed by atoms with Crippen LogP contribution in [0.2, 0.25) is 0 Å². The van der Waals surface area contributed by atoms with E-state index in [4.69, 9.17) is 13.9 Å². The molecular formula is C15H18N4O4. The summed E-state index contributed by atoms with van der Waals surface area (Å²) in [5.74, 6) is 1.19. The van der Waals surface area contributed by atoms with E-state index >= 15 is 0 Å². The normalized spacial score (nSPS) is 18.0. The van der Waals surface area contributed by atoms with Gasteiger partial charge in [0.25, 0.3) is 5.91 Å². The van der Waals surface area contributed by atoms with Crippen molar-refractivity contribution < 1.29 is 18.7 Å². The number of nitrogens with zero attached hydrogens (tertiary/aromatic N) is 4. The molecule has 122 valence electrons. The van der Waals surface area contributed by atoms with E-state index in [2.05, 4.69) is 15.2 Å². The largest absolute Gasteiger partial charge is 0.478 e. The number of morpholine rings is 1. The molecule has 0 N–H and O–H groups in total. The summed E-state index contributed by atoms with van der Waals surface area (Å²) in [5, 5.41) is 7.83. The van der Waals surface area contributed by atoms with Gasteiger partial charge in [0.2, 0.25) is 17.7 Å². The Morgan fingerprint density at radius 1 is 1.43 bits per heavy atom. The predicted octanol–water partition coefficient (Wildman–Crippen LogP) is 1.39. The predicted molar refractivity (Wildman–Crippen MR) is 79.0 cm³/mol. The van der Waals surface area contributed by atoms with Gasteiger partial charge in [-0.2, -0.15) is 0 Å². The molecule has 23 heavy (non-hydrogen) atoms. The highest BCUT2D eigenvalue weighted by molar-refractivity contribution is 5.94. The van der Waals surface area contributed by atoms with Crippen molar-refractivity contribution in [3.8, 4) is 5.88 Å². The minimum atomic E-state index is -0.385. The molecule has 8 heteroatoms. The molecule has 3 rings (SSSR count). The second-order valence-corrected chi connectivity index (χ2v) is 5.07. The number of hydrogen-bond donors (Lipinski definition) is 0. The van der Waals surface area contributed by atoms with E-state index in [-0.39, 0.29) is 11.9 Å². The van der Waals surface area contributed by atoms with Gasteiger partial charge in [0.1, 0.15) is 6.04 Å². The number of rotatable bonds is 4. The number of aryl methyl sites for hydroxylation is 1. The zero-order valence-corrected chi connectivity index (χ0v) is 13.1. The van der Waals surface area contributed by atoms with Gasteiger partial charge in [-0.05, 0) is 13.0 Å². The molecule has 0 saturated carbocycles. The van der Waals surface area contributed by atoms with Gasteiger partial charge in [0.05, 0.1) is 25.4 Å². The van der Waals surface area contributed by atoms with Crippen LogP contribution in [-0.2, 0) is 4.74 Å². The van der Waals surface area contributed by atoms with Crippen LogP contribution >= 0.6 is 0 Å². The molecule has 0 unspecified atom stereocenters. The zero-order chi connectivity index (χ0) is 16.2. The average molecular weight is 318 g/mol. The van der Waals surface area contributed by atoms with Crippen molar-refractivity contribution in [2.45, 2.75) is 19.9 Å². The van der Waals surface area contributed by atoms with Crippen LogP contribution in [0.4, 0.5) is 0 Å². The van der Waals surface area contributed by atoms with Crippen LogP contribution in [0, 0.1) is 6.92 Å². The SMILES string of the molecule is CCOc1ccc(C(=O)N2CCOC[C@H]2c2nnc(C)o2)cn1. The lowest BCUT2D eigenvalue weighted by atomic mass is 10.1. The standard InChI is InChI=1S/C15H18N4O4/c1-3-22-13-5-4-11(8-16-13)15(20)19-6-7-21-9-12(19)14-18-17-10(2)23-14/h4-5,8,12H,3,6-7,9H2,1-2H3/t12-/m0/s1. The van der Waals surface area contributed by atoms with Gasteiger partial charge >= 0.3 is 0 Å². The average Bonchev–Trinajstić information content (AvgIpc) is 3.02. The second kappa shape index (κ2) is 6.74. The molecule has 1 amide bonds. The van der Waals surface area contributed by atoms with Crippen LogP contribution in [0.5, 0.6) is 5.88 Å². The fourth-order valence-corrected chi connectivity index (χ4v) is 2.40. The molecule has 0 aromatic carbocycles. The maximum absolute atomic E-state index is 12.8. The molecule has 0 radical (unpaired) electrons. The molecule has 2 aromatic heterocycles. The number of hydrogen-bond acceptors (Lipinski definition) is 7. The fraction of sp³-hybridized carbons (Fsp3) is 0.467. The zero-order valence-electron chi connectivity index (χ0n) is 13.1. The van der Waals surface area contributed by atoms with Crippen molar-refractivity contribution >= 4 is 5.91 Å². The van der Waals surface area contributed by atoms with Crippen LogP contribution in [-0.4, -0.2) is 52.4 Å². The van der Waals surface area contributed by atoms with E-state index in [0.29, 0.717) is 49.6 Å². The minimum absolute atomic E-state index is 0.148. The van der Waals surface area contributed by atoms with E-state index in [9.17, 15) is 4.79 Å². The Hall–Kier alpha value is -2.48. The Morgan fingerprint density at radius 3 is 2.96 bits per heavy atom. The first-order valence-electron chi connectivity index (χ1n) is 7.46. The highest BCUT2D eigenvalue weighted by Gasteiger charge is 2.33. The summed E-state index contributed by atoms with van der Waals surface area (Å²) in [6.07, 6.45) is 1.51. The van der Waals surface area contributed by atoms with E-state index in [1.165, 1.54) is 6.20 Å². The molecule has 0 spiro atoms. The third kappa shape index (κ3) is 3.31. The van der Waals surface area contributed by atoms with Gasteiger partial charge in [-0.25, -0.2) is 4.98 Å². The first-order valence-corrected chi connectivity index (χ1v) is 7.46. The summed E-state index contributed by atoms with van der Waals surface area (Å²) >= 11 is 0. The summed E-state index contributed by atoms with van der Waals surface area (Å²) < 4.78 is 16.2. The van der Waals surface area contributed by atoms with Crippen molar-refractivity contribution in [2.24, 2.45) is 0 Å². The van der Waals surface area contributed by atoms with E-state index in [0.717, 1.165) is 0 Å². The van der Waals surface area contributed by atoms with Crippen molar-refractivity contribution in [3.05, 3.63) is 35.7 Å². The molecule has 1 saturated heterocycles. The summed E-state index contributed by atoms with van der Waals surface area (Å²) in [7, 11) is 0. The monoisotopic (exact) mass is 318 g/mol. The van der Waals surface area contributed by atoms with Crippen molar-refractivity contribution in [3.63, 3.8) is 0 Å². The second-order valence-electron chi connectivity index (χ2n) is 5.07. The number of ether oxygens (including phenoxy) is 2. The molecule has 1 atom stereocenters. The molecule has 1 fully saturated rings. The molecule has 3 heterocycles. The van der Waals surface area contributed by atoms with E-state index in [1.807, 2.05) is 6.92 Å². The van der Waals surface area contributed by atoms with Gasteiger partial charge in [-0.3, -0.25) is 4.79 Å². The van der Waals surface area contributed by atoms with Crippen LogP contribution in [0.25, 0.3) is 0 Å². The van der Waals surface area contributed by atoms with Gasteiger partial charge in [-0.1, -0.05) is 0 Å². The van der Waals surface area contributed by atoms with Gasteiger partial charge in [0.15, 0.2) is 0 Å². The van der Waals surface area contributed by atoms with Gasteiger partial charge < -0.3 is 18.8 Å². The highest BCUT2D eigenvalue weighted by atomic mass is 16.5. The molecular weight excluding hydrogens is 300 g/mol. The molecule has 1 aliphatic heterocycles. The quantitative estimate of drug-likeness (QED) is 0.841. The van der Waals surface area contributed by atoms with Crippen LogP contribution in [0.15, 0.2) is 22.7 Å². The Labute approximate surface area is 133 Å². The van der Waals surface area contributed by atoms with Crippen molar-refractivity contribution in [1.82, 2.24) is 20.1 Å². The molecule has 8 nitrogen and oxygen atoms in total. The number of carbonyl (C=O) groups excluding carboxylic acids is 1. The Morgan fingerprint density at radius 2 is 2.30 bits per heavy atom. The van der Waals surface area contributed by atoms with Crippen LogP contribution in [0.1, 0.15) is 35.1 Å². The number of carbonyl (C=O) groups is 1. The molecule has 0 bridgehead atoms. The lowest BCUT2D eigenvalue weighted by Gasteiger charge is -2.33. The third-order valence-corrected chi connectivity index (χ3v) is 3.49. The van der Waals surface area contributed by atoms with E-state index < -0.39 is 0 Å². The highest BCUT2D eigenvalue weighted by Crippen LogP contribution is 2.25. The summed E-state index contributed by atoms with van der Waals surface area (Å²) in [4.78, 5) is 18.6. The van der Waals surface area contributed by atoms with Gasteiger partial charge in [0, 0.05) is 25.7 Å². The topological polar surface area (TPSA) is 90.6 Å². The van der Waals surface area contributed by atoms with Crippen LogP contribution < -0.4 is 4.74 Å². The lowest BCUT2D eigenvalue weighted by molar-refractivity contribution is -0.0106. The smallest absolute Gasteiger partial charge is 0.256 e. The molecule has 0 aliphatic carbocycles. The molecule has 1 aliphatic rings.